The van der Waals surface area contributed by atoms with Crippen molar-refractivity contribution in [2.75, 3.05) is 20.1 Å². The molecule has 0 saturated carbocycles. The van der Waals surface area contributed by atoms with Gasteiger partial charge < -0.3 is 10.6 Å². The summed E-state index contributed by atoms with van der Waals surface area (Å²) in [5, 5.41) is 0. The third kappa shape index (κ3) is 6.58. The van der Waals surface area contributed by atoms with Gasteiger partial charge in [-0.25, -0.2) is 0 Å². The highest BCUT2D eigenvalue weighted by Gasteiger charge is 2.07. The number of carbonyl (C=O) groups is 1. The summed E-state index contributed by atoms with van der Waals surface area (Å²) in [6.07, 6.45) is 2.46. The number of hydrogen-bond donors (Lipinski definition) is 1. The number of nitrogens with two attached hydrogens (primary N) is 1. The Morgan fingerprint density at radius 1 is 1.46 bits per heavy atom. The number of hydrogen-bond acceptors (Lipinski definition) is 2. The molecule has 0 radical (unpaired) electrons. The Morgan fingerprint density at radius 2 is 2.08 bits per heavy atom. The van der Waals surface area contributed by atoms with Gasteiger partial charge in [0.2, 0.25) is 5.91 Å². The van der Waals surface area contributed by atoms with Gasteiger partial charge in [-0.05, 0) is 25.3 Å². The summed E-state index contributed by atoms with van der Waals surface area (Å²) < 4.78 is 0. The fraction of sp³-hybridized carbons (Fsp3) is 0.900. The highest BCUT2D eigenvalue weighted by molar-refractivity contribution is 5.75. The largest absolute Gasteiger partial charge is 0.346 e. The third-order valence-corrected chi connectivity index (χ3v) is 2.06. The van der Waals surface area contributed by atoms with Crippen molar-refractivity contribution in [1.82, 2.24) is 4.90 Å². The van der Waals surface area contributed by atoms with Crippen molar-refractivity contribution in [2.24, 2.45) is 11.7 Å². The van der Waals surface area contributed by atoms with Crippen molar-refractivity contribution in [1.29, 1.82) is 0 Å². The molecule has 2 N–H and O–H groups in total. The van der Waals surface area contributed by atoms with Crippen LogP contribution in [0.1, 0.15) is 33.1 Å². The van der Waals surface area contributed by atoms with E-state index in [1.54, 1.807) is 4.90 Å². The van der Waals surface area contributed by atoms with Crippen molar-refractivity contribution in [3.05, 3.63) is 0 Å². The second-order valence-corrected chi connectivity index (χ2v) is 3.89. The Labute approximate surface area is 81.3 Å². The molecule has 0 atom stereocenters. The molecule has 78 valence electrons. The quantitative estimate of drug-likeness (QED) is 0.678. The van der Waals surface area contributed by atoms with Crippen LogP contribution < -0.4 is 5.73 Å². The Balaban J connectivity index is 3.57. The van der Waals surface area contributed by atoms with Crippen LogP contribution >= 0.6 is 0 Å². The standard InChI is InChI=1S/C10H22N2O/c1-9(2)6-8-12(3)10(13)5-4-7-11/h9H,4-8,11H2,1-3H3. The average Bonchev–Trinajstić information content (AvgIpc) is 2.10. The molecule has 0 rings (SSSR count). The molecule has 0 unspecified atom stereocenters. The van der Waals surface area contributed by atoms with Crippen molar-refractivity contribution in [3.63, 3.8) is 0 Å². The van der Waals surface area contributed by atoms with Crippen molar-refractivity contribution >= 4 is 5.91 Å². The first kappa shape index (κ1) is 12.4. The molecule has 0 aliphatic heterocycles. The van der Waals surface area contributed by atoms with E-state index >= 15 is 0 Å². The maximum absolute atomic E-state index is 11.4. The van der Waals surface area contributed by atoms with Gasteiger partial charge in [-0.3, -0.25) is 4.79 Å². The fourth-order valence-electron chi connectivity index (χ4n) is 1.02. The summed E-state index contributed by atoms with van der Waals surface area (Å²) in [6, 6.07) is 0. The highest BCUT2D eigenvalue weighted by Crippen LogP contribution is 2.02. The Bertz CT molecular complexity index is 146. The van der Waals surface area contributed by atoms with Crippen LogP contribution in [0.15, 0.2) is 0 Å². The van der Waals surface area contributed by atoms with Crippen LogP contribution in [0.3, 0.4) is 0 Å². The van der Waals surface area contributed by atoms with Gasteiger partial charge in [0.25, 0.3) is 0 Å². The van der Waals surface area contributed by atoms with Gasteiger partial charge in [0, 0.05) is 20.0 Å². The first-order chi connectivity index (χ1) is 6.07. The van der Waals surface area contributed by atoms with Crippen LogP contribution in [0.2, 0.25) is 0 Å². The van der Waals surface area contributed by atoms with Crippen LogP contribution in [0, 0.1) is 5.92 Å². The summed E-state index contributed by atoms with van der Waals surface area (Å²) in [5.41, 5.74) is 5.33. The lowest BCUT2D eigenvalue weighted by Gasteiger charge is -2.17. The Morgan fingerprint density at radius 3 is 2.54 bits per heavy atom. The van der Waals surface area contributed by atoms with Crippen molar-refractivity contribution in [2.45, 2.75) is 33.1 Å². The number of nitrogens with zero attached hydrogens (tertiary/aromatic N) is 1. The van der Waals surface area contributed by atoms with E-state index in [1.807, 2.05) is 7.05 Å². The van der Waals surface area contributed by atoms with E-state index in [0.717, 1.165) is 19.4 Å². The molecule has 0 aromatic rings. The number of carbonyl (C=O) groups excluding carboxylic acids is 1. The molecule has 3 heteroatoms. The van der Waals surface area contributed by atoms with E-state index in [4.69, 9.17) is 5.73 Å². The van der Waals surface area contributed by atoms with E-state index in [1.165, 1.54) is 0 Å². The predicted octanol–water partition coefficient (Wildman–Crippen LogP) is 1.23. The summed E-state index contributed by atoms with van der Waals surface area (Å²) in [7, 11) is 1.86. The molecular weight excluding hydrogens is 164 g/mol. The second-order valence-electron chi connectivity index (χ2n) is 3.89. The Kier molecular flexibility index (Phi) is 6.59. The van der Waals surface area contributed by atoms with E-state index in [9.17, 15) is 4.79 Å². The molecular formula is C10H22N2O. The SMILES string of the molecule is CC(C)CCN(C)C(=O)CCCN. The first-order valence-electron chi connectivity index (χ1n) is 5.02. The van der Waals surface area contributed by atoms with Crippen molar-refractivity contribution in [3.8, 4) is 0 Å². The molecule has 0 aliphatic carbocycles. The molecule has 0 heterocycles. The second kappa shape index (κ2) is 6.89. The molecule has 0 aromatic heterocycles. The van der Waals surface area contributed by atoms with Gasteiger partial charge in [-0.15, -0.1) is 0 Å². The first-order valence-corrected chi connectivity index (χ1v) is 5.02. The van der Waals surface area contributed by atoms with Gasteiger partial charge >= 0.3 is 0 Å². The van der Waals surface area contributed by atoms with E-state index in [-0.39, 0.29) is 5.91 Å². The lowest BCUT2D eigenvalue weighted by atomic mass is 10.1. The Hall–Kier alpha value is -0.570. The minimum absolute atomic E-state index is 0.214. The minimum Gasteiger partial charge on any atom is -0.346 e. The minimum atomic E-state index is 0.214. The average molecular weight is 186 g/mol. The van der Waals surface area contributed by atoms with Crippen LogP contribution in [-0.4, -0.2) is 30.9 Å². The monoisotopic (exact) mass is 186 g/mol. The predicted molar refractivity (Wildman–Crippen MR) is 55.4 cm³/mol. The van der Waals surface area contributed by atoms with Gasteiger partial charge in [0.05, 0.1) is 0 Å². The molecule has 0 aliphatic rings. The molecule has 1 amide bonds. The molecule has 0 spiro atoms. The van der Waals surface area contributed by atoms with E-state index < -0.39 is 0 Å². The zero-order valence-electron chi connectivity index (χ0n) is 9.05. The lowest BCUT2D eigenvalue weighted by molar-refractivity contribution is -0.130. The molecule has 0 saturated heterocycles. The fourth-order valence-corrected chi connectivity index (χ4v) is 1.02. The zero-order chi connectivity index (χ0) is 10.3. The van der Waals surface area contributed by atoms with Crippen LogP contribution in [0.4, 0.5) is 0 Å². The van der Waals surface area contributed by atoms with Crippen LogP contribution in [-0.2, 0) is 4.79 Å². The highest BCUT2D eigenvalue weighted by atomic mass is 16.2. The maximum atomic E-state index is 11.4. The van der Waals surface area contributed by atoms with Crippen LogP contribution in [0.25, 0.3) is 0 Å². The number of rotatable bonds is 6. The van der Waals surface area contributed by atoms with Gasteiger partial charge in [0.1, 0.15) is 0 Å². The smallest absolute Gasteiger partial charge is 0.222 e. The number of amides is 1. The molecule has 0 bridgehead atoms. The molecule has 13 heavy (non-hydrogen) atoms. The summed E-state index contributed by atoms with van der Waals surface area (Å²) in [5.74, 6) is 0.871. The third-order valence-electron chi connectivity index (χ3n) is 2.06. The lowest BCUT2D eigenvalue weighted by Crippen LogP contribution is -2.28. The zero-order valence-corrected chi connectivity index (χ0v) is 9.05. The van der Waals surface area contributed by atoms with Gasteiger partial charge in [-0.1, -0.05) is 13.8 Å². The van der Waals surface area contributed by atoms with Gasteiger partial charge in [-0.2, -0.15) is 0 Å². The summed E-state index contributed by atoms with van der Waals surface area (Å²) in [4.78, 5) is 13.2. The molecule has 3 nitrogen and oxygen atoms in total. The molecule has 0 aromatic carbocycles. The van der Waals surface area contributed by atoms with E-state index in [2.05, 4.69) is 13.8 Å². The maximum Gasteiger partial charge on any atom is 0.222 e. The van der Waals surface area contributed by atoms with Crippen molar-refractivity contribution < 1.29 is 4.79 Å². The van der Waals surface area contributed by atoms with Gasteiger partial charge in [0.15, 0.2) is 0 Å². The molecule has 0 fully saturated rings. The topological polar surface area (TPSA) is 46.3 Å². The van der Waals surface area contributed by atoms with Crippen LogP contribution in [0.5, 0.6) is 0 Å². The normalized spacial score (nSPS) is 10.5. The summed E-state index contributed by atoms with van der Waals surface area (Å²) >= 11 is 0. The van der Waals surface area contributed by atoms with E-state index in [0.29, 0.717) is 18.9 Å². The summed E-state index contributed by atoms with van der Waals surface area (Å²) in [6.45, 7) is 5.79.